The first-order valence-corrected chi connectivity index (χ1v) is 6.48. The standard InChI is InChI=1S/C15H19ClN2/c1-10-13(11-6-8-12(16)9-7-11)17-18(5)14(10)15(2,3)4/h6-9H,1-5H3. The van der Waals surface area contributed by atoms with Gasteiger partial charge in [-0.25, -0.2) is 0 Å². The second-order valence-corrected chi connectivity index (χ2v) is 6.14. The molecule has 0 saturated heterocycles. The average Bonchev–Trinajstić information content (AvgIpc) is 2.54. The van der Waals surface area contributed by atoms with Crippen molar-refractivity contribution in [2.45, 2.75) is 33.1 Å². The van der Waals surface area contributed by atoms with Crippen LogP contribution >= 0.6 is 11.6 Å². The van der Waals surface area contributed by atoms with Crippen molar-refractivity contribution < 1.29 is 0 Å². The minimum Gasteiger partial charge on any atom is -0.271 e. The Hall–Kier alpha value is -1.28. The van der Waals surface area contributed by atoms with E-state index in [4.69, 9.17) is 11.6 Å². The summed E-state index contributed by atoms with van der Waals surface area (Å²) in [6.45, 7) is 8.77. The van der Waals surface area contributed by atoms with E-state index < -0.39 is 0 Å². The monoisotopic (exact) mass is 262 g/mol. The van der Waals surface area contributed by atoms with Gasteiger partial charge in [0.15, 0.2) is 0 Å². The fourth-order valence-corrected chi connectivity index (χ4v) is 2.69. The van der Waals surface area contributed by atoms with E-state index in [0.717, 1.165) is 16.3 Å². The Morgan fingerprint density at radius 3 is 2.11 bits per heavy atom. The molecule has 0 unspecified atom stereocenters. The van der Waals surface area contributed by atoms with Gasteiger partial charge in [-0.2, -0.15) is 5.10 Å². The molecule has 2 rings (SSSR count). The second kappa shape index (κ2) is 4.43. The molecule has 0 atom stereocenters. The summed E-state index contributed by atoms with van der Waals surface area (Å²) in [5.41, 5.74) is 4.76. The summed E-state index contributed by atoms with van der Waals surface area (Å²) in [7, 11) is 2.01. The minimum absolute atomic E-state index is 0.0938. The summed E-state index contributed by atoms with van der Waals surface area (Å²) in [6, 6.07) is 7.84. The average molecular weight is 263 g/mol. The Morgan fingerprint density at radius 1 is 1.11 bits per heavy atom. The van der Waals surface area contributed by atoms with E-state index >= 15 is 0 Å². The zero-order chi connectivity index (χ0) is 13.5. The molecule has 0 fully saturated rings. The zero-order valence-electron chi connectivity index (χ0n) is 11.6. The van der Waals surface area contributed by atoms with Gasteiger partial charge >= 0.3 is 0 Å². The summed E-state index contributed by atoms with van der Waals surface area (Å²) >= 11 is 5.92. The molecular weight excluding hydrogens is 244 g/mol. The van der Waals surface area contributed by atoms with Gasteiger partial charge in [0.2, 0.25) is 0 Å². The maximum Gasteiger partial charge on any atom is 0.0955 e. The lowest BCUT2D eigenvalue weighted by Gasteiger charge is -2.20. The maximum absolute atomic E-state index is 5.92. The van der Waals surface area contributed by atoms with Gasteiger partial charge in [-0.15, -0.1) is 0 Å². The van der Waals surface area contributed by atoms with Crippen LogP contribution < -0.4 is 0 Å². The predicted octanol–water partition coefficient (Wildman–Crippen LogP) is 4.35. The summed E-state index contributed by atoms with van der Waals surface area (Å²) in [5.74, 6) is 0. The molecule has 1 aromatic carbocycles. The minimum atomic E-state index is 0.0938. The third kappa shape index (κ3) is 2.30. The molecule has 0 radical (unpaired) electrons. The second-order valence-electron chi connectivity index (χ2n) is 5.70. The quantitative estimate of drug-likeness (QED) is 0.747. The third-order valence-electron chi connectivity index (χ3n) is 3.11. The largest absolute Gasteiger partial charge is 0.271 e. The number of halogens is 1. The van der Waals surface area contributed by atoms with Gasteiger partial charge in [0.1, 0.15) is 0 Å². The highest BCUT2D eigenvalue weighted by Gasteiger charge is 2.24. The number of benzene rings is 1. The molecular formula is C15H19ClN2. The molecule has 0 amide bonds. The van der Waals surface area contributed by atoms with E-state index in [1.807, 2.05) is 36.0 Å². The van der Waals surface area contributed by atoms with Gasteiger partial charge in [-0.3, -0.25) is 4.68 Å². The summed E-state index contributed by atoms with van der Waals surface area (Å²) < 4.78 is 1.99. The van der Waals surface area contributed by atoms with Gasteiger partial charge < -0.3 is 0 Å². The summed E-state index contributed by atoms with van der Waals surface area (Å²) in [4.78, 5) is 0. The van der Waals surface area contributed by atoms with Crippen molar-refractivity contribution in [2.24, 2.45) is 7.05 Å². The topological polar surface area (TPSA) is 17.8 Å². The number of rotatable bonds is 1. The van der Waals surface area contributed by atoms with Crippen molar-refractivity contribution in [1.82, 2.24) is 9.78 Å². The van der Waals surface area contributed by atoms with Crippen LogP contribution in [0.4, 0.5) is 0 Å². The molecule has 1 heterocycles. The van der Waals surface area contributed by atoms with Gasteiger partial charge in [0.25, 0.3) is 0 Å². The lowest BCUT2D eigenvalue weighted by Crippen LogP contribution is -2.17. The van der Waals surface area contributed by atoms with Crippen molar-refractivity contribution in [2.75, 3.05) is 0 Å². The number of hydrogen-bond donors (Lipinski definition) is 0. The molecule has 0 bridgehead atoms. The van der Waals surface area contributed by atoms with Crippen molar-refractivity contribution in [1.29, 1.82) is 0 Å². The Bertz CT molecular complexity index is 559. The number of aryl methyl sites for hydroxylation is 1. The van der Waals surface area contributed by atoms with E-state index in [9.17, 15) is 0 Å². The summed E-state index contributed by atoms with van der Waals surface area (Å²) in [5, 5.41) is 5.40. The Labute approximate surface area is 114 Å². The molecule has 0 aliphatic heterocycles. The first-order chi connectivity index (χ1) is 8.30. The highest BCUT2D eigenvalue weighted by atomic mass is 35.5. The van der Waals surface area contributed by atoms with E-state index in [0.29, 0.717) is 0 Å². The maximum atomic E-state index is 5.92. The van der Waals surface area contributed by atoms with Gasteiger partial charge in [0.05, 0.1) is 5.69 Å². The molecule has 0 aliphatic rings. The smallest absolute Gasteiger partial charge is 0.0955 e. The van der Waals surface area contributed by atoms with Crippen LogP contribution in [-0.2, 0) is 12.5 Å². The molecule has 18 heavy (non-hydrogen) atoms. The molecule has 0 saturated carbocycles. The van der Waals surface area contributed by atoms with E-state index in [1.54, 1.807) is 0 Å². The van der Waals surface area contributed by atoms with E-state index in [2.05, 4.69) is 32.8 Å². The predicted molar refractivity (Wildman–Crippen MR) is 77.1 cm³/mol. The lowest BCUT2D eigenvalue weighted by molar-refractivity contribution is 0.520. The molecule has 96 valence electrons. The Kier molecular flexibility index (Phi) is 3.24. The van der Waals surface area contributed by atoms with Gasteiger partial charge in [-0.05, 0) is 24.6 Å². The Morgan fingerprint density at radius 2 is 1.67 bits per heavy atom. The fourth-order valence-electron chi connectivity index (χ4n) is 2.56. The highest BCUT2D eigenvalue weighted by Crippen LogP contribution is 2.32. The number of hydrogen-bond acceptors (Lipinski definition) is 1. The van der Waals surface area contributed by atoms with E-state index in [1.165, 1.54) is 11.3 Å². The molecule has 2 nitrogen and oxygen atoms in total. The van der Waals surface area contributed by atoms with Gasteiger partial charge in [0, 0.05) is 28.7 Å². The van der Waals surface area contributed by atoms with Crippen LogP contribution in [0.5, 0.6) is 0 Å². The molecule has 2 aromatic rings. The fraction of sp³-hybridized carbons (Fsp3) is 0.400. The Balaban J connectivity index is 2.57. The van der Waals surface area contributed by atoms with Crippen LogP contribution in [0.1, 0.15) is 32.0 Å². The van der Waals surface area contributed by atoms with Crippen LogP contribution in [-0.4, -0.2) is 9.78 Å². The number of nitrogens with zero attached hydrogens (tertiary/aromatic N) is 2. The summed E-state index contributed by atoms with van der Waals surface area (Å²) in [6.07, 6.45) is 0. The molecule has 0 spiro atoms. The van der Waals surface area contributed by atoms with Crippen molar-refractivity contribution in [3.63, 3.8) is 0 Å². The zero-order valence-corrected chi connectivity index (χ0v) is 12.3. The first kappa shape index (κ1) is 13.2. The first-order valence-electron chi connectivity index (χ1n) is 6.10. The molecule has 0 aliphatic carbocycles. The normalized spacial score (nSPS) is 11.9. The lowest BCUT2D eigenvalue weighted by atomic mass is 9.88. The number of aromatic nitrogens is 2. The van der Waals surface area contributed by atoms with Crippen LogP contribution in [0.3, 0.4) is 0 Å². The highest BCUT2D eigenvalue weighted by molar-refractivity contribution is 6.30. The van der Waals surface area contributed by atoms with Crippen molar-refractivity contribution in [3.8, 4) is 11.3 Å². The molecule has 1 aromatic heterocycles. The molecule has 3 heteroatoms. The van der Waals surface area contributed by atoms with Crippen LogP contribution in [0.2, 0.25) is 5.02 Å². The van der Waals surface area contributed by atoms with E-state index in [-0.39, 0.29) is 5.41 Å². The van der Waals surface area contributed by atoms with Crippen LogP contribution in [0.25, 0.3) is 11.3 Å². The van der Waals surface area contributed by atoms with Crippen molar-refractivity contribution >= 4 is 11.6 Å². The van der Waals surface area contributed by atoms with Crippen LogP contribution in [0, 0.1) is 6.92 Å². The van der Waals surface area contributed by atoms with Crippen molar-refractivity contribution in [3.05, 3.63) is 40.5 Å². The third-order valence-corrected chi connectivity index (χ3v) is 3.36. The van der Waals surface area contributed by atoms with Gasteiger partial charge in [-0.1, -0.05) is 44.5 Å². The van der Waals surface area contributed by atoms with Crippen LogP contribution in [0.15, 0.2) is 24.3 Å². The SMILES string of the molecule is Cc1c(-c2ccc(Cl)cc2)nn(C)c1C(C)(C)C. The molecule has 0 N–H and O–H groups in total.